The number of carboxylic acid groups (broad SMARTS) is 1. The van der Waals surface area contributed by atoms with E-state index in [2.05, 4.69) is 30.2 Å². The number of hydrogen-bond acceptors (Lipinski definition) is 2. The maximum absolute atomic E-state index is 10.9. The molecule has 0 radical (unpaired) electrons. The highest BCUT2D eigenvalue weighted by Crippen LogP contribution is 2.12. The van der Waals surface area contributed by atoms with Gasteiger partial charge in [-0.2, -0.15) is 0 Å². The number of carbonyl (C=O) groups is 1. The van der Waals surface area contributed by atoms with Crippen molar-refractivity contribution >= 4 is 35.1 Å². The Bertz CT molecular complexity index is 340. The van der Waals surface area contributed by atoms with Gasteiger partial charge >= 0.3 is 5.97 Å². The summed E-state index contributed by atoms with van der Waals surface area (Å²) in [6, 6.07) is 7.97. The molecule has 1 atom stereocenters. The predicted octanol–water partition coefficient (Wildman–Crippen LogP) is 1.62. The van der Waals surface area contributed by atoms with Gasteiger partial charge in [0.05, 0.1) is 0 Å². The molecule has 0 spiro atoms. The molecule has 0 bridgehead atoms. The van der Waals surface area contributed by atoms with Crippen molar-refractivity contribution in [3.63, 3.8) is 0 Å². The number of hydrogen-bond donors (Lipinski definition) is 3. The topological polar surface area (TPSA) is 49.3 Å². The lowest BCUT2D eigenvalue weighted by Crippen LogP contribution is -2.30. The second-order valence-corrected chi connectivity index (χ2v) is 3.79. The smallest absolute Gasteiger partial charge is 0.330 e. The zero-order chi connectivity index (χ0) is 10.6. The Morgan fingerprint density at radius 2 is 2.00 bits per heavy atom. The summed E-state index contributed by atoms with van der Waals surface area (Å²) >= 11 is 8.52. The number of rotatable bonds is 3. The Morgan fingerprint density at radius 1 is 1.43 bits per heavy atom. The van der Waals surface area contributed by atoms with Gasteiger partial charge in [-0.15, -0.1) is 12.6 Å². The summed E-state index contributed by atoms with van der Waals surface area (Å²) in [4.78, 5) is 10.9. The summed E-state index contributed by atoms with van der Waals surface area (Å²) in [6.45, 7) is 0. The van der Waals surface area contributed by atoms with E-state index in [4.69, 9.17) is 5.11 Å². The zero-order valence-corrected chi connectivity index (χ0v) is 8.89. The van der Waals surface area contributed by atoms with Gasteiger partial charge in [-0.1, -0.05) is 42.5 Å². The van der Waals surface area contributed by atoms with Gasteiger partial charge in [0.15, 0.2) is 6.04 Å². The second-order valence-electron chi connectivity index (χ2n) is 2.63. The lowest BCUT2D eigenvalue weighted by atomic mass is 10.1. The zero-order valence-electron chi connectivity index (χ0n) is 7.18. The number of thiol groups is 1. The Morgan fingerprint density at radius 3 is 2.43 bits per heavy atom. The number of benzene rings is 1. The summed E-state index contributed by atoms with van der Waals surface area (Å²) in [5.41, 5.74) is 0.649. The molecular formula is C9H9NO2S2. The van der Waals surface area contributed by atoms with Crippen LogP contribution < -0.4 is 5.32 Å². The van der Waals surface area contributed by atoms with Gasteiger partial charge in [0.25, 0.3) is 0 Å². The van der Waals surface area contributed by atoms with E-state index in [1.807, 2.05) is 6.07 Å². The van der Waals surface area contributed by atoms with E-state index in [0.717, 1.165) is 0 Å². The highest BCUT2D eigenvalue weighted by Gasteiger charge is 2.18. The van der Waals surface area contributed by atoms with Crippen molar-refractivity contribution in [1.82, 2.24) is 5.32 Å². The average molecular weight is 227 g/mol. The van der Waals surface area contributed by atoms with Gasteiger partial charge in [0.2, 0.25) is 0 Å². The minimum atomic E-state index is -0.979. The van der Waals surface area contributed by atoms with Gasteiger partial charge in [-0.25, -0.2) is 4.79 Å². The number of thiocarbonyl (C=S) groups is 1. The molecule has 0 fully saturated rings. The van der Waals surface area contributed by atoms with Crippen molar-refractivity contribution in [3.05, 3.63) is 35.9 Å². The molecule has 1 rings (SSSR count). The van der Waals surface area contributed by atoms with Gasteiger partial charge in [0, 0.05) is 0 Å². The van der Waals surface area contributed by atoms with E-state index >= 15 is 0 Å². The molecule has 0 aliphatic rings. The van der Waals surface area contributed by atoms with Crippen LogP contribution in [-0.4, -0.2) is 15.4 Å². The first-order chi connectivity index (χ1) is 6.61. The average Bonchev–Trinajstić information content (AvgIpc) is 2.15. The predicted molar refractivity (Wildman–Crippen MR) is 61.5 cm³/mol. The largest absolute Gasteiger partial charge is 0.479 e. The van der Waals surface area contributed by atoms with E-state index < -0.39 is 12.0 Å². The van der Waals surface area contributed by atoms with Crippen LogP contribution in [0, 0.1) is 0 Å². The molecule has 1 aromatic rings. The van der Waals surface area contributed by atoms with E-state index in [9.17, 15) is 4.79 Å². The Kier molecular flexibility index (Phi) is 3.91. The quantitative estimate of drug-likeness (QED) is 0.542. The normalized spacial score (nSPS) is 11.8. The fraction of sp³-hybridized carbons (Fsp3) is 0.111. The number of nitrogens with one attached hydrogen (secondary N) is 1. The van der Waals surface area contributed by atoms with Crippen molar-refractivity contribution in [2.45, 2.75) is 6.04 Å². The van der Waals surface area contributed by atoms with Crippen LogP contribution in [0.2, 0.25) is 0 Å². The molecule has 14 heavy (non-hydrogen) atoms. The summed E-state index contributed by atoms with van der Waals surface area (Å²) in [5, 5.41) is 11.5. The van der Waals surface area contributed by atoms with Crippen LogP contribution >= 0.6 is 24.8 Å². The van der Waals surface area contributed by atoms with Gasteiger partial charge in [-0.3, -0.25) is 0 Å². The van der Waals surface area contributed by atoms with E-state index in [1.165, 1.54) is 0 Å². The van der Waals surface area contributed by atoms with Crippen molar-refractivity contribution < 1.29 is 9.90 Å². The Labute approximate surface area is 92.5 Å². The van der Waals surface area contributed by atoms with Gasteiger partial charge in [-0.05, 0) is 5.56 Å². The SMILES string of the molecule is O=C(O)[C@@H](NC(=S)S)c1ccccc1. The number of aliphatic carboxylic acids is 1. The number of carboxylic acids is 1. The maximum atomic E-state index is 10.9. The third-order valence-electron chi connectivity index (χ3n) is 1.65. The van der Waals surface area contributed by atoms with Crippen molar-refractivity contribution in [1.29, 1.82) is 0 Å². The fourth-order valence-corrected chi connectivity index (χ4v) is 1.30. The molecule has 74 valence electrons. The van der Waals surface area contributed by atoms with Crippen molar-refractivity contribution in [2.24, 2.45) is 0 Å². The van der Waals surface area contributed by atoms with Crippen LogP contribution in [0.3, 0.4) is 0 Å². The highest BCUT2D eigenvalue weighted by atomic mass is 32.1. The summed E-state index contributed by atoms with van der Waals surface area (Å²) < 4.78 is 0.168. The van der Waals surface area contributed by atoms with Crippen LogP contribution in [0.15, 0.2) is 30.3 Å². The van der Waals surface area contributed by atoms with E-state index in [1.54, 1.807) is 24.3 Å². The van der Waals surface area contributed by atoms with Crippen LogP contribution in [0.1, 0.15) is 11.6 Å². The molecule has 0 unspecified atom stereocenters. The first-order valence-corrected chi connectivity index (χ1v) is 4.74. The Hall–Kier alpha value is -1.07. The molecule has 0 amide bonds. The molecule has 2 N–H and O–H groups in total. The monoisotopic (exact) mass is 227 g/mol. The lowest BCUT2D eigenvalue weighted by molar-refractivity contribution is -0.139. The minimum absolute atomic E-state index is 0.168. The van der Waals surface area contributed by atoms with Crippen LogP contribution in [0.5, 0.6) is 0 Å². The lowest BCUT2D eigenvalue weighted by Gasteiger charge is -2.13. The Balaban J connectivity index is 2.89. The summed E-state index contributed by atoms with van der Waals surface area (Å²) in [5.74, 6) is -0.979. The first kappa shape index (κ1) is 11.0. The molecule has 0 aliphatic carbocycles. The molecule has 3 nitrogen and oxygen atoms in total. The molecule has 0 saturated carbocycles. The van der Waals surface area contributed by atoms with Gasteiger partial charge < -0.3 is 10.4 Å². The van der Waals surface area contributed by atoms with Crippen LogP contribution in [0.4, 0.5) is 0 Å². The molecule has 0 saturated heterocycles. The summed E-state index contributed by atoms with van der Waals surface area (Å²) in [7, 11) is 0. The van der Waals surface area contributed by atoms with Crippen molar-refractivity contribution in [3.8, 4) is 0 Å². The molecule has 0 heterocycles. The van der Waals surface area contributed by atoms with Crippen LogP contribution in [0.25, 0.3) is 0 Å². The molecule has 1 aromatic carbocycles. The van der Waals surface area contributed by atoms with Crippen molar-refractivity contribution in [2.75, 3.05) is 0 Å². The molecular weight excluding hydrogens is 218 g/mol. The fourth-order valence-electron chi connectivity index (χ4n) is 1.06. The highest BCUT2D eigenvalue weighted by molar-refractivity contribution is 8.11. The third-order valence-corrected chi connectivity index (χ3v) is 1.89. The third kappa shape index (κ3) is 3.01. The summed E-state index contributed by atoms with van der Waals surface area (Å²) in [6.07, 6.45) is 0. The van der Waals surface area contributed by atoms with E-state index in [-0.39, 0.29) is 4.32 Å². The molecule has 0 aliphatic heterocycles. The minimum Gasteiger partial charge on any atom is -0.479 e. The first-order valence-electron chi connectivity index (χ1n) is 3.88. The standard InChI is InChI=1S/C9H9NO2S2/c11-8(12)7(10-9(13)14)6-4-2-1-3-5-6/h1-5,7H,(H,11,12)(H2,10,13,14)/t7-/m0/s1. The molecule has 0 aromatic heterocycles. The maximum Gasteiger partial charge on any atom is 0.330 e. The van der Waals surface area contributed by atoms with Crippen LogP contribution in [-0.2, 0) is 4.79 Å². The second kappa shape index (κ2) is 4.97. The van der Waals surface area contributed by atoms with E-state index in [0.29, 0.717) is 5.56 Å². The molecule has 5 heteroatoms. The van der Waals surface area contributed by atoms with Gasteiger partial charge in [0.1, 0.15) is 4.32 Å².